The molecular weight excluding hydrogens is 384 g/mol. The van der Waals surface area contributed by atoms with Gasteiger partial charge in [-0.3, -0.25) is 4.79 Å². The van der Waals surface area contributed by atoms with Gasteiger partial charge in [-0.05, 0) is 36.2 Å². The number of hydrogen-bond acceptors (Lipinski definition) is 2. The molecule has 0 bridgehead atoms. The number of nitrogens with zero attached hydrogens (tertiary/aromatic N) is 1. The third-order valence-electron chi connectivity index (χ3n) is 5.15. The second kappa shape index (κ2) is 8.45. The molecule has 0 saturated carbocycles. The largest absolute Gasteiger partial charge is 0.349 e. The van der Waals surface area contributed by atoms with E-state index < -0.39 is 12.2 Å². The molecule has 4 nitrogen and oxygen atoms in total. The van der Waals surface area contributed by atoms with Gasteiger partial charge >= 0.3 is 0 Å². The number of H-pyrrole nitrogens is 1. The van der Waals surface area contributed by atoms with Gasteiger partial charge in [0.25, 0.3) is 12.3 Å². The standard InChI is InChI=1S/C24H21F2N3O/c1-15(21(16-8-4-2-5-9-16)17-10-6-3-7-11-17)27-24(30)18-12-13-19-20(14-18)29-23(28-19)22(25)26/h2-15,21-22H,1H3,(H,27,30)(H,28,29). The van der Waals surface area contributed by atoms with Crippen LogP contribution in [0.3, 0.4) is 0 Å². The molecule has 4 rings (SSSR count). The topological polar surface area (TPSA) is 57.8 Å². The fourth-order valence-electron chi connectivity index (χ4n) is 3.74. The molecule has 152 valence electrons. The van der Waals surface area contributed by atoms with Crippen LogP contribution in [0.2, 0.25) is 0 Å². The maximum Gasteiger partial charge on any atom is 0.295 e. The van der Waals surface area contributed by atoms with E-state index >= 15 is 0 Å². The molecule has 0 aliphatic carbocycles. The van der Waals surface area contributed by atoms with E-state index in [0.717, 1.165) is 11.1 Å². The van der Waals surface area contributed by atoms with Gasteiger partial charge in [0.15, 0.2) is 5.82 Å². The van der Waals surface area contributed by atoms with Gasteiger partial charge in [0.2, 0.25) is 0 Å². The summed E-state index contributed by atoms with van der Waals surface area (Å²) in [5.74, 6) is -0.698. The van der Waals surface area contributed by atoms with E-state index in [9.17, 15) is 13.6 Å². The Labute approximate surface area is 173 Å². The molecule has 30 heavy (non-hydrogen) atoms. The highest BCUT2D eigenvalue weighted by atomic mass is 19.3. The summed E-state index contributed by atoms with van der Waals surface area (Å²) in [5.41, 5.74) is 3.40. The van der Waals surface area contributed by atoms with Crippen molar-refractivity contribution in [3.05, 3.63) is 101 Å². The smallest absolute Gasteiger partial charge is 0.295 e. The van der Waals surface area contributed by atoms with Gasteiger partial charge in [-0.15, -0.1) is 0 Å². The molecule has 1 atom stereocenters. The Morgan fingerprint density at radius 1 is 0.933 bits per heavy atom. The molecule has 0 aliphatic rings. The van der Waals surface area contributed by atoms with Crippen LogP contribution in [-0.2, 0) is 0 Å². The summed E-state index contributed by atoms with van der Waals surface area (Å²) < 4.78 is 25.7. The zero-order valence-corrected chi connectivity index (χ0v) is 16.3. The van der Waals surface area contributed by atoms with Crippen molar-refractivity contribution in [3.63, 3.8) is 0 Å². The fourth-order valence-corrected chi connectivity index (χ4v) is 3.74. The molecule has 1 unspecified atom stereocenters. The second-order valence-electron chi connectivity index (χ2n) is 7.22. The normalized spacial score (nSPS) is 12.4. The number of hydrogen-bond donors (Lipinski definition) is 2. The van der Waals surface area contributed by atoms with Gasteiger partial charge in [-0.25, -0.2) is 13.8 Å². The number of halogens is 2. The number of aromatic amines is 1. The molecule has 1 aromatic heterocycles. The number of aromatic nitrogens is 2. The van der Waals surface area contributed by atoms with E-state index in [1.54, 1.807) is 18.2 Å². The highest BCUT2D eigenvalue weighted by Crippen LogP contribution is 2.28. The Hall–Kier alpha value is -3.54. The van der Waals surface area contributed by atoms with Crippen LogP contribution in [0.4, 0.5) is 8.78 Å². The van der Waals surface area contributed by atoms with Crippen molar-refractivity contribution in [2.75, 3.05) is 0 Å². The summed E-state index contributed by atoms with van der Waals surface area (Å²) in [5, 5.41) is 3.07. The summed E-state index contributed by atoms with van der Waals surface area (Å²) >= 11 is 0. The van der Waals surface area contributed by atoms with E-state index in [-0.39, 0.29) is 17.9 Å². The van der Waals surface area contributed by atoms with E-state index in [1.807, 2.05) is 67.6 Å². The quantitative estimate of drug-likeness (QED) is 0.448. The van der Waals surface area contributed by atoms with Crippen molar-refractivity contribution in [1.82, 2.24) is 15.3 Å². The number of alkyl halides is 2. The van der Waals surface area contributed by atoms with Crippen LogP contribution in [0.1, 0.15) is 46.6 Å². The Kier molecular flexibility index (Phi) is 5.57. The maximum absolute atomic E-state index is 12.9. The molecular formula is C24H21F2N3O. The molecule has 4 aromatic rings. The van der Waals surface area contributed by atoms with Crippen LogP contribution in [0, 0.1) is 0 Å². The third kappa shape index (κ3) is 4.08. The van der Waals surface area contributed by atoms with Gasteiger partial charge in [0, 0.05) is 17.5 Å². The van der Waals surface area contributed by atoms with E-state index in [4.69, 9.17) is 0 Å². The molecule has 2 N–H and O–H groups in total. The summed E-state index contributed by atoms with van der Waals surface area (Å²) in [7, 11) is 0. The lowest BCUT2D eigenvalue weighted by Gasteiger charge is -2.26. The SMILES string of the molecule is CC(NC(=O)c1ccc2nc(C(F)F)[nH]c2c1)C(c1ccccc1)c1ccccc1. The summed E-state index contributed by atoms with van der Waals surface area (Å²) in [4.78, 5) is 19.3. The lowest BCUT2D eigenvalue weighted by atomic mass is 9.85. The van der Waals surface area contributed by atoms with Gasteiger partial charge < -0.3 is 10.3 Å². The first-order valence-electron chi connectivity index (χ1n) is 9.71. The Morgan fingerprint density at radius 3 is 2.10 bits per heavy atom. The second-order valence-corrected chi connectivity index (χ2v) is 7.22. The molecule has 3 aromatic carbocycles. The lowest BCUT2D eigenvalue weighted by Crippen LogP contribution is -2.37. The summed E-state index contributed by atoms with van der Waals surface area (Å²) in [6.45, 7) is 1.96. The number of rotatable bonds is 6. The van der Waals surface area contributed by atoms with Crippen LogP contribution < -0.4 is 5.32 Å². The number of imidazole rings is 1. The maximum atomic E-state index is 12.9. The van der Waals surface area contributed by atoms with Crippen LogP contribution in [-0.4, -0.2) is 21.9 Å². The first-order chi connectivity index (χ1) is 14.5. The van der Waals surface area contributed by atoms with Crippen LogP contribution in [0.25, 0.3) is 11.0 Å². The van der Waals surface area contributed by atoms with Crippen LogP contribution >= 0.6 is 0 Å². The summed E-state index contributed by atoms with van der Waals surface area (Å²) in [6.07, 6.45) is -2.69. The number of nitrogens with one attached hydrogen (secondary N) is 2. The molecule has 0 saturated heterocycles. The van der Waals surface area contributed by atoms with E-state index in [1.165, 1.54) is 0 Å². The van der Waals surface area contributed by atoms with Gasteiger partial charge in [-0.2, -0.15) is 0 Å². The summed E-state index contributed by atoms with van der Waals surface area (Å²) in [6, 6.07) is 24.5. The molecule has 0 fully saturated rings. The first-order valence-corrected chi connectivity index (χ1v) is 9.71. The van der Waals surface area contributed by atoms with E-state index in [0.29, 0.717) is 16.6 Å². The fraction of sp³-hybridized carbons (Fsp3) is 0.167. The number of amides is 1. The van der Waals surface area contributed by atoms with Gasteiger partial charge in [0.1, 0.15) is 0 Å². The molecule has 0 radical (unpaired) electrons. The predicted octanol–water partition coefficient (Wildman–Crippen LogP) is 5.45. The van der Waals surface area contributed by atoms with Crippen molar-refractivity contribution >= 4 is 16.9 Å². The average molecular weight is 405 g/mol. The monoisotopic (exact) mass is 405 g/mol. The minimum Gasteiger partial charge on any atom is -0.349 e. The Bertz CT molecular complexity index is 1100. The van der Waals surface area contributed by atoms with Crippen LogP contribution in [0.5, 0.6) is 0 Å². The predicted molar refractivity (Wildman–Crippen MR) is 113 cm³/mol. The van der Waals surface area contributed by atoms with Gasteiger partial charge in [0.05, 0.1) is 11.0 Å². The molecule has 0 aliphatic heterocycles. The minimum absolute atomic E-state index is 0.0299. The van der Waals surface area contributed by atoms with Crippen molar-refractivity contribution in [2.24, 2.45) is 0 Å². The molecule has 0 spiro atoms. The zero-order valence-electron chi connectivity index (χ0n) is 16.3. The molecule has 1 heterocycles. The number of carbonyl (C=O) groups excluding carboxylic acids is 1. The third-order valence-corrected chi connectivity index (χ3v) is 5.15. The number of benzene rings is 3. The number of fused-ring (bicyclic) bond motifs is 1. The highest BCUT2D eigenvalue weighted by molar-refractivity contribution is 5.97. The average Bonchev–Trinajstić information content (AvgIpc) is 3.19. The Balaban J connectivity index is 1.60. The Morgan fingerprint density at radius 2 is 1.53 bits per heavy atom. The zero-order chi connectivity index (χ0) is 21.1. The van der Waals surface area contributed by atoms with Crippen molar-refractivity contribution in [1.29, 1.82) is 0 Å². The van der Waals surface area contributed by atoms with Crippen molar-refractivity contribution in [2.45, 2.75) is 25.3 Å². The van der Waals surface area contributed by atoms with Crippen molar-refractivity contribution in [3.8, 4) is 0 Å². The highest BCUT2D eigenvalue weighted by Gasteiger charge is 2.23. The first kappa shape index (κ1) is 19.8. The van der Waals surface area contributed by atoms with Crippen LogP contribution in [0.15, 0.2) is 78.9 Å². The molecule has 1 amide bonds. The number of carbonyl (C=O) groups is 1. The van der Waals surface area contributed by atoms with Crippen molar-refractivity contribution < 1.29 is 13.6 Å². The van der Waals surface area contributed by atoms with E-state index in [2.05, 4.69) is 15.3 Å². The molecule has 6 heteroatoms. The lowest BCUT2D eigenvalue weighted by molar-refractivity contribution is 0.0937. The van der Waals surface area contributed by atoms with Gasteiger partial charge in [-0.1, -0.05) is 60.7 Å². The minimum atomic E-state index is -2.69.